The summed E-state index contributed by atoms with van der Waals surface area (Å²) in [7, 11) is 1.93. The Morgan fingerprint density at radius 1 is 1.21 bits per heavy atom. The number of aromatic amines is 1. The highest BCUT2D eigenvalue weighted by Crippen LogP contribution is 2.29. The van der Waals surface area contributed by atoms with Gasteiger partial charge in [-0.1, -0.05) is 36.4 Å². The number of nitrogens with one attached hydrogen (secondary N) is 3. The van der Waals surface area contributed by atoms with Crippen LogP contribution >= 0.6 is 0 Å². The Morgan fingerprint density at radius 2 is 2.00 bits per heavy atom. The van der Waals surface area contributed by atoms with Crippen LogP contribution in [0.5, 0.6) is 0 Å². The summed E-state index contributed by atoms with van der Waals surface area (Å²) in [5.74, 6) is 0.611. The van der Waals surface area contributed by atoms with Crippen LogP contribution in [-0.2, 0) is 17.8 Å². The van der Waals surface area contributed by atoms with Crippen LogP contribution < -0.4 is 15.8 Å². The SMILES string of the molecule is C[NH+](CC(=O)N[C@H]1CCCc2ccccc21)Cc1nc2ccccc2c(=O)[nH]1. The van der Waals surface area contributed by atoms with Gasteiger partial charge in [-0.2, -0.15) is 0 Å². The van der Waals surface area contributed by atoms with Gasteiger partial charge in [-0.3, -0.25) is 9.59 Å². The van der Waals surface area contributed by atoms with E-state index in [1.165, 1.54) is 11.1 Å². The number of benzene rings is 2. The fourth-order valence-electron chi connectivity index (χ4n) is 3.99. The Hall–Kier alpha value is -2.99. The third kappa shape index (κ3) is 3.97. The van der Waals surface area contributed by atoms with Crippen LogP contribution in [0, 0.1) is 0 Å². The van der Waals surface area contributed by atoms with Crippen molar-refractivity contribution < 1.29 is 9.69 Å². The summed E-state index contributed by atoms with van der Waals surface area (Å²) < 4.78 is 0. The van der Waals surface area contributed by atoms with Gasteiger partial charge in [-0.25, -0.2) is 4.98 Å². The fraction of sp³-hybridized carbons (Fsp3) is 0.318. The standard InChI is InChI=1S/C22H24N4O2/c1-26(13-20-23-19-11-5-4-10-17(19)22(28)25-20)14-21(27)24-18-12-6-8-15-7-2-3-9-16(15)18/h2-5,7,9-11,18H,6,8,12-14H2,1H3,(H,24,27)(H,23,25,28)/p+1/t18-/m0/s1. The third-order valence-corrected chi connectivity index (χ3v) is 5.30. The molecule has 1 amide bonds. The average molecular weight is 377 g/mol. The zero-order valence-electron chi connectivity index (χ0n) is 16.0. The Labute approximate surface area is 163 Å². The highest BCUT2D eigenvalue weighted by molar-refractivity contribution is 5.78. The minimum absolute atomic E-state index is 0.0161. The molecule has 2 atom stereocenters. The molecule has 0 fully saturated rings. The Bertz CT molecular complexity index is 1060. The van der Waals surface area contributed by atoms with Crippen LogP contribution in [0.25, 0.3) is 10.9 Å². The van der Waals surface area contributed by atoms with Gasteiger partial charge in [-0.15, -0.1) is 0 Å². The second-order valence-electron chi connectivity index (χ2n) is 7.55. The number of quaternary nitrogens is 1. The number of rotatable bonds is 5. The number of hydrogen-bond acceptors (Lipinski definition) is 3. The van der Waals surface area contributed by atoms with E-state index in [9.17, 15) is 9.59 Å². The predicted octanol–water partition coefficient (Wildman–Crippen LogP) is 1.13. The maximum absolute atomic E-state index is 12.6. The molecule has 1 aromatic heterocycles. The zero-order valence-corrected chi connectivity index (χ0v) is 16.0. The summed E-state index contributed by atoms with van der Waals surface area (Å²) in [6, 6.07) is 15.7. The monoisotopic (exact) mass is 377 g/mol. The van der Waals surface area contributed by atoms with E-state index >= 15 is 0 Å². The molecule has 6 nitrogen and oxygen atoms in total. The van der Waals surface area contributed by atoms with Crippen molar-refractivity contribution in [2.24, 2.45) is 0 Å². The minimum Gasteiger partial charge on any atom is -0.344 e. The third-order valence-electron chi connectivity index (χ3n) is 5.30. The van der Waals surface area contributed by atoms with Crippen molar-refractivity contribution in [3.63, 3.8) is 0 Å². The van der Waals surface area contributed by atoms with E-state index in [4.69, 9.17) is 0 Å². The smallest absolute Gasteiger partial charge is 0.275 e. The summed E-state index contributed by atoms with van der Waals surface area (Å²) in [5, 5.41) is 3.76. The molecule has 1 aliphatic carbocycles. The first kappa shape index (κ1) is 18.4. The Balaban J connectivity index is 1.40. The van der Waals surface area contributed by atoms with Gasteiger partial charge in [0.15, 0.2) is 12.4 Å². The van der Waals surface area contributed by atoms with E-state index in [2.05, 4.69) is 33.5 Å². The van der Waals surface area contributed by atoms with Crippen LogP contribution in [0.4, 0.5) is 0 Å². The van der Waals surface area contributed by atoms with Crippen molar-refractivity contribution in [2.45, 2.75) is 31.8 Å². The van der Waals surface area contributed by atoms with Crippen molar-refractivity contribution in [3.8, 4) is 0 Å². The Morgan fingerprint density at radius 3 is 2.89 bits per heavy atom. The first-order valence-electron chi connectivity index (χ1n) is 9.76. The number of para-hydroxylation sites is 1. The molecular weight excluding hydrogens is 352 g/mol. The van der Waals surface area contributed by atoms with E-state index < -0.39 is 0 Å². The number of carbonyl (C=O) groups is 1. The molecule has 4 rings (SSSR count). The second-order valence-corrected chi connectivity index (χ2v) is 7.55. The van der Waals surface area contributed by atoms with Crippen LogP contribution in [0.15, 0.2) is 53.3 Å². The molecule has 3 N–H and O–H groups in total. The van der Waals surface area contributed by atoms with Gasteiger partial charge < -0.3 is 15.2 Å². The number of fused-ring (bicyclic) bond motifs is 2. The molecule has 1 aliphatic rings. The van der Waals surface area contributed by atoms with Crippen molar-refractivity contribution in [1.29, 1.82) is 0 Å². The van der Waals surface area contributed by atoms with Gasteiger partial charge in [0.25, 0.3) is 11.5 Å². The molecule has 6 heteroatoms. The van der Waals surface area contributed by atoms with Crippen molar-refractivity contribution >= 4 is 16.8 Å². The molecule has 28 heavy (non-hydrogen) atoms. The minimum atomic E-state index is -0.142. The molecule has 3 aromatic rings. The van der Waals surface area contributed by atoms with Crippen molar-refractivity contribution in [3.05, 3.63) is 75.8 Å². The molecule has 1 heterocycles. The van der Waals surface area contributed by atoms with Crippen molar-refractivity contribution in [2.75, 3.05) is 13.6 Å². The predicted molar refractivity (Wildman–Crippen MR) is 108 cm³/mol. The van der Waals surface area contributed by atoms with Crippen LogP contribution in [0.2, 0.25) is 0 Å². The largest absolute Gasteiger partial charge is 0.344 e. The lowest BCUT2D eigenvalue weighted by atomic mass is 9.88. The zero-order chi connectivity index (χ0) is 19.5. The molecule has 0 saturated heterocycles. The number of aryl methyl sites for hydroxylation is 1. The van der Waals surface area contributed by atoms with Gasteiger partial charge >= 0.3 is 0 Å². The first-order chi connectivity index (χ1) is 13.6. The van der Waals surface area contributed by atoms with E-state index in [1.54, 1.807) is 6.07 Å². The first-order valence-corrected chi connectivity index (χ1v) is 9.76. The second kappa shape index (κ2) is 7.94. The van der Waals surface area contributed by atoms with E-state index in [0.717, 1.165) is 24.2 Å². The van der Waals surface area contributed by atoms with Crippen LogP contribution in [0.3, 0.4) is 0 Å². The van der Waals surface area contributed by atoms with Gasteiger partial charge in [0, 0.05) is 0 Å². The summed E-state index contributed by atoms with van der Waals surface area (Å²) >= 11 is 0. The number of likely N-dealkylation sites (N-methyl/N-ethyl adjacent to an activating group) is 1. The lowest BCUT2D eigenvalue weighted by molar-refractivity contribution is -0.886. The number of hydrogen-bond donors (Lipinski definition) is 3. The molecule has 1 unspecified atom stereocenters. The highest BCUT2D eigenvalue weighted by Gasteiger charge is 2.22. The molecule has 0 spiro atoms. The molecule has 0 radical (unpaired) electrons. The van der Waals surface area contributed by atoms with E-state index in [1.807, 2.05) is 31.3 Å². The molecule has 0 bridgehead atoms. The highest BCUT2D eigenvalue weighted by atomic mass is 16.2. The van der Waals surface area contributed by atoms with Gasteiger partial charge in [0.1, 0.15) is 6.54 Å². The van der Waals surface area contributed by atoms with Crippen LogP contribution in [-0.4, -0.2) is 29.5 Å². The number of carbonyl (C=O) groups excluding carboxylic acids is 1. The van der Waals surface area contributed by atoms with Gasteiger partial charge in [0.05, 0.1) is 24.0 Å². The molecule has 0 aliphatic heterocycles. The van der Waals surface area contributed by atoms with E-state index in [-0.39, 0.29) is 17.5 Å². The number of amides is 1. The molecular formula is C22H25N4O2+. The van der Waals surface area contributed by atoms with E-state index in [0.29, 0.717) is 29.8 Å². The summed E-state index contributed by atoms with van der Waals surface area (Å²) in [4.78, 5) is 33.1. The van der Waals surface area contributed by atoms with Gasteiger partial charge in [-0.05, 0) is 42.5 Å². The Kier molecular flexibility index (Phi) is 5.21. The topological polar surface area (TPSA) is 79.3 Å². The molecule has 0 saturated carbocycles. The maximum atomic E-state index is 12.6. The fourth-order valence-corrected chi connectivity index (χ4v) is 3.99. The number of aromatic nitrogens is 2. The maximum Gasteiger partial charge on any atom is 0.275 e. The molecule has 144 valence electrons. The lowest BCUT2D eigenvalue weighted by Crippen LogP contribution is -3.09. The lowest BCUT2D eigenvalue weighted by Gasteiger charge is -2.26. The van der Waals surface area contributed by atoms with Crippen molar-refractivity contribution in [1.82, 2.24) is 15.3 Å². The number of H-pyrrole nitrogens is 1. The number of nitrogens with zero attached hydrogens (tertiary/aromatic N) is 1. The summed E-state index contributed by atoms with van der Waals surface area (Å²) in [6.45, 7) is 0.809. The summed E-state index contributed by atoms with van der Waals surface area (Å²) in [6.07, 6.45) is 3.14. The molecule has 2 aromatic carbocycles. The summed E-state index contributed by atoms with van der Waals surface area (Å²) in [5.41, 5.74) is 3.10. The normalized spacial score (nSPS) is 17.1. The quantitative estimate of drug-likeness (QED) is 0.624. The average Bonchev–Trinajstić information content (AvgIpc) is 2.68. The van der Waals surface area contributed by atoms with Gasteiger partial charge in [0.2, 0.25) is 0 Å². The van der Waals surface area contributed by atoms with Crippen LogP contribution in [0.1, 0.15) is 35.8 Å².